The van der Waals surface area contributed by atoms with Crippen molar-refractivity contribution in [3.05, 3.63) is 53.3 Å². The number of amides is 1. The molecule has 1 fully saturated rings. The third-order valence-corrected chi connectivity index (χ3v) is 6.40. The van der Waals surface area contributed by atoms with Gasteiger partial charge in [-0.1, -0.05) is 23.7 Å². The summed E-state index contributed by atoms with van der Waals surface area (Å²) >= 11 is 6.49. The Morgan fingerprint density at radius 2 is 2.03 bits per heavy atom. The lowest BCUT2D eigenvalue weighted by atomic mass is 9.93. The van der Waals surface area contributed by atoms with Crippen molar-refractivity contribution in [3.8, 4) is 0 Å². The van der Waals surface area contributed by atoms with Gasteiger partial charge < -0.3 is 20.7 Å². The van der Waals surface area contributed by atoms with Gasteiger partial charge in [-0.15, -0.1) is 0 Å². The van der Waals surface area contributed by atoms with Gasteiger partial charge in [-0.2, -0.15) is 0 Å². The molecule has 1 atom stereocenters. The molecule has 1 amide bonds. The van der Waals surface area contributed by atoms with Crippen molar-refractivity contribution in [2.45, 2.75) is 50.8 Å². The molecule has 1 aromatic carbocycles. The highest BCUT2D eigenvalue weighted by molar-refractivity contribution is 6.36. The molecule has 0 unspecified atom stereocenters. The summed E-state index contributed by atoms with van der Waals surface area (Å²) in [7, 11) is 0. The summed E-state index contributed by atoms with van der Waals surface area (Å²) in [5.74, 6) is 0.314. The third-order valence-electron chi connectivity index (χ3n) is 6.09. The fraction of sp³-hybridized carbons (Fsp3) is 0.348. The van der Waals surface area contributed by atoms with Crippen LogP contribution in [0.25, 0.3) is 21.9 Å². The molecular formula is C23H24ClN7O2. The van der Waals surface area contributed by atoms with Gasteiger partial charge in [0.15, 0.2) is 11.5 Å². The Morgan fingerprint density at radius 3 is 2.85 bits per heavy atom. The second-order valence-corrected chi connectivity index (χ2v) is 8.81. The molecule has 0 bridgehead atoms. The summed E-state index contributed by atoms with van der Waals surface area (Å²) in [6.07, 6.45) is 5.59. The Balaban J connectivity index is 1.48. The first-order valence-electron chi connectivity index (χ1n) is 11.0. The van der Waals surface area contributed by atoms with Crippen LogP contribution < -0.4 is 10.6 Å². The predicted octanol–water partition coefficient (Wildman–Crippen LogP) is 3.76. The number of aliphatic hydroxyl groups excluding tert-OH is 1. The Hall–Kier alpha value is -3.30. The Kier molecular flexibility index (Phi) is 5.82. The van der Waals surface area contributed by atoms with E-state index < -0.39 is 0 Å². The number of nitrogens with one attached hydrogen (secondary N) is 3. The fourth-order valence-electron chi connectivity index (χ4n) is 4.30. The number of rotatable bonds is 5. The van der Waals surface area contributed by atoms with Crippen LogP contribution >= 0.6 is 11.6 Å². The number of halogens is 1. The molecule has 0 aliphatic heterocycles. The van der Waals surface area contributed by atoms with E-state index in [1.807, 2.05) is 25.1 Å². The van der Waals surface area contributed by atoms with Gasteiger partial charge in [0.25, 0.3) is 5.91 Å². The van der Waals surface area contributed by atoms with Crippen LogP contribution in [0.1, 0.15) is 54.8 Å². The highest BCUT2D eigenvalue weighted by atomic mass is 35.5. The zero-order chi connectivity index (χ0) is 22.9. The van der Waals surface area contributed by atoms with Gasteiger partial charge in [-0.05, 0) is 50.1 Å². The molecule has 5 rings (SSSR count). The van der Waals surface area contributed by atoms with Gasteiger partial charge in [-0.3, -0.25) is 4.79 Å². The lowest BCUT2D eigenvalue weighted by Gasteiger charge is -2.26. The van der Waals surface area contributed by atoms with Crippen LogP contribution in [0.2, 0.25) is 5.02 Å². The summed E-state index contributed by atoms with van der Waals surface area (Å²) in [5.41, 5.74) is 2.23. The van der Waals surface area contributed by atoms with Gasteiger partial charge in [-0.25, -0.2) is 19.9 Å². The van der Waals surface area contributed by atoms with E-state index in [1.54, 1.807) is 12.4 Å². The smallest absolute Gasteiger partial charge is 0.270 e. The molecule has 0 radical (unpaired) electrons. The maximum Gasteiger partial charge on any atom is 0.270 e. The number of aromatic amines is 1. The van der Waals surface area contributed by atoms with E-state index in [0.717, 1.165) is 18.2 Å². The maximum absolute atomic E-state index is 13.3. The SMILES string of the molecule is C[C@H](Nc1ncnc2[nH]cnc12)c1cc2cccc(Cl)c2c(C(=O)NC2CCC(O)CC2)n1. The summed E-state index contributed by atoms with van der Waals surface area (Å²) in [6, 6.07) is 7.21. The van der Waals surface area contributed by atoms with Gasteiger partial charge in [0.1, 0.15) is 17.5 Å². The average Bonchev–Trinajstić information content (AvgIpc) is 3.30. The molecule has 4 N–H and O–H groups in total. The number of aromatic nitrogens is 5. The molecule has 3 heterocycles. The number of anilines is 1. The number of hydrogen-bond donors (Lipinski definition) is 4. The monoisotopic (exact) mass is 465 g/mol. The molecule has 10 heteroatoms. The quantitative estimate of drug-likeness (QED) is 0.353. The molecule has 1 aliphatic carbocycles. The van der Waals surface area contributed by atoms with Crippen molar-refractivity contribution in [1.82, 2.24) is 30.2 Å². The lowest BCUT2D eigenvalue weighted by molar-refractivity contribution is 0.0864. The number of carbonyl (C=O) groups is 1. The normalized spacial score (nSPS) is 19.5. The minimum Gasteiger partial charge on any atom is -0.393 e. The summed E-state index contributed by atoms with van der Waals surface area (Å²) in [4.78, 5) is 33.7. The van der Waals surface area contributed by atoms with Crippen molar-refractivity contribution in [1.29, 1.82) is 0 Å². The standard InChI is InChI=1S/C23H24ClN7O2/c1-12(29-22-20-21(26-10-25-20)27-11-28-22)17-9-13-3-2-4-16(24)18(13)19(31-17)23(33)30-14-5-7-15(32)8-6-14/h2-4,9-12,14-15,32H,5-8H2,1H3,(H,30,33)(H2,25,26,27,28,29)/t12-,14?,15?/m0/s1. The summed E-state index contributed by atoms with van der Waals surface area (Å²) in [5, 5.41) is 18.1. The Morgan fingerprint density at radius 1 is 1.21 bits per heavy atom. The van der Waals surface area contributed by atoms with E-state index in [9.17, 15) is 9.90 Å². The van der Waals surface area contributed by atoms with E-state index in [2.05, 4.69) is 30.6 Å². The number of fused-ring (bicyclic) bond motifs is 2. The highest BCUT2D eigenvalue weighted by Crippen LogP contribution is 2.30. The van der Waals surface area contributed by atoms with Crippen LogP contribution in [-0.2, 0) is 0 Å². The van der Waals surface area contributed by atoms with Crippen LogP contribution in [0.15, 0.2) is 36.9 Å². The molecule has 3 aromatic heterocycles. The lowest BCUT2D eigenvalue weighted by Crippen LogP contribution is -2.39. The van der Waals surface area contributed by atoms with Gasteiger partial charge in [0.2, 0.25) is 0 Å². The van der Waals surface area contributed by atoms with Crippen LogP contribution in [0.4, 0.5) is 5.82 Å². The van der Waals surface area contributed by atoms with Crippen LogP contribution in [0.3, 0.4) is 0 Å². The Bertz CT molecular complexity index is 1320. The molecule has 0 spiro atoms. The van der Waals surface area contributed by atoms with Crippen molar-refractivity contribution in [2.75, 3.05) is 5.32 Å². The van der Waals surface area contributed by atoms with Crippen LogP contribution in [0, 0.1) is 0 Å². The molecule has 33 heavy (non-hydrogen) atoms. The van der Waals surface area contributed by atoms with E-state index in [4.69, 9.17) is 16.6 Å². The molecule has 9 nitrogen and oxygen atoms in total. The molecule has 0 saturated heterocycles. The van der Waals surface area contributed by atoms with Crippen molar-refractivity contribution < 1.29 is 9.90 Å². The fourth-order valence-corrected chi connectivity index (χ4v) is 4.57. The minimum absolute atomic E-state index is 0.00779. The highest BCUT2D eigenvalue weighted by Gasteiger charge is 2.24. The zero-order valence-corrected chi connectivity index (χ0v) is 18.8. The number of pyridine rings is 1. The van der Waals surface area contributed by atoms with Crippen LogP contribution in [0.5, 0.6) is 0 Å². The van der Waals surface area contributed by atoms with E-state index in [0.29, 0.717) is 51.6 Å². The largest absolute Gasteiger partial charge is 0.393 e. The van der Waals surface area contributed by atoms with Gasteiger partial charge in [0.05, 0.1) is 29.2 Å². The van der Waals surface area contributed by atoms with Crippen LogP contribution in [-0.4, -0.2) is 48.1 Å². The van der Waals surface area contributed by atoms with E-state index in [-0.39, 0.29) is 24.1 Å². The number of nitrogens with zero attached hydrogens (tertiary/aromatic N) is 4. The molecular weight excluding hydrogens is 442 g/mol. The van der Waals surface area contributed by atoms with Gasteiger partial charge in [0, 0.05) is 11.4 Å². The van der Waals surface area contributed by atoms with Gasteiger partial charge >= 0.3 is 0 Å². The molecule has 1 aliphatic rings. The first kappa shape index (κ1) is 21.5. The van der Waals surface area contributed by atoms with E-state index in [1.165, 1.54) is 6.33 Å². The topological polar surface area (TPSA) is 129 Å². The number of carbonyl (C=O) groups excluding carboxylic acids is 1. The average molecular weight is 466 g/mol. The van der Waals surface area contributed by atoms with Crippen molar-refractivity contribution in [3.63, 3.8) is 0 Å². The maximum atomic E-state index is 13.3. The summed E-state index contributed by atoms with van der Waals surface area (Å²) in [6.45, 7) is 1.95. The van der Waals surface area contributed by atoms with Crippen molar-refractivity contribution in [2.24, 2.45) is 0 Å². The number of aliphatic hydroxyl groups is 1. The first-order valence-corrected chi connectivity index (χ1v) is 11.4. The number of hydrogen-bond acceptors (Lipinski definition) is 7. The molecule has 4 aromatic rings. The second-order valence-electron chi connectivity index (χ2n) is 8.40. The number of H-pyrrole nitrogens is 1. The molecule has 170 valence electrons. The van der Waals surface area contributed by atoms with E-state index >= 15 is 0 Å². The number of imidazole rings is 1. The zero-order valence-electron chi connectivity index (χ0n) is 18.0. The Labute approximate surface area is 195 Å². The summed E-state index contributed by atoms with van der Waals surface area (Å²) < 4.78 is 0. The van der Waals surface area contributed by atoms with Crippen molar-refractivity contribution >= 4 is 45.3 Å². The predicted molar refractivity (Wildman–Crippen MR) is 126 cm³/mol. The minimum atomic E-state index is -0.287. The second kappa shape index (κ2) is 8.92. The molecule has 1 saturated carbocycles. The third kappa shape index (κ3) is 4.34. The first-order chi connectivity index (χ1) is 16.0. The number of benzene rings is 1.